The van der Waals surface area contributed by atoms with Crippen molar-refractivity contribution in [3.05, 3.63) is 45.4 Å². The van der Waals surface area contributed by atoms with Gasteiger partial charge in [0.05, 0.1) is 20.5 Å². The smallest absolute Gasteiger partial charge is 0.335 e. The molecule has 0 bridgehead atoms. The highest BCUT2D eigenvalue weighted by molar-refractivity contribution is 7.92. The Morgan fingerprint density at radius 2 is 2.00 bits per heavy atom. The van der Waals surface area contributed by atoms with Crippen LogP contribution in [0.2, 0.25) is 4.34 Å². The first-order valence-corrected chi connectivity index (χ1v) is 7.83. The summed E-state index contributed by atoms with van der Waals surface area (Å²) in [5.74, 6) is -2.37. The number of halogens is 2. The summed E-state index contributed by atoms with van der Waals surface area (Å²) in [5, 5.41) is 10.3. The molecule has 0 aliphatic heterocycles. The van der Waals surface area contributed by atoms with Gasteiger partial charge in [0.15, 0.2) is 0 Å². The molecule has 0 aliphatic rings. The van der Waals surface area contributed by atoms with E-state index in [1.807, 2.05) is 0 Å². The molecule has 0 spiro atoms. The van der Waals surface area contributed by atoms with Crippen molar-refractivity contribution >= 4 is 44.6 Å². The fraction of sp³-hybridized carbons (Fsp3) is 0. The average molecular weight is 336 g/mol. The van der Waals surface area contributed by atoms with Crippen LogP contribution in [0.5, 0.6) is 0 Å². The number of benzene rings is 1. The predicted molar refractivity (Wildman–Crippen MR) is 73.5 cm³/mol. The van der Waals surface area contributed by atoms with E-state index >= 15 is 0 Å². The van der Waals surface area contributed by atoms with Crippen molar-refractivity contribution in [2.75, 3.05) is 4.72 Å². The van der Waals surface area contributed by atoms with E-state index in [9.17, 15) is 17.6 Å². The van der Waals surface area contributed by atoms with Crippen LogP contribution in [0.25, 0.3) is 0 Å². The van der Waals surface area contributed by atoms with E-state index in [2.05, 4.69) is 4.72 Å². The van der Waals surface area contributed by atoms with Gasteiger partial charge in [-0.1, -0.05) is 11.6 Å². The van der Waals surface area contributed by atoms with Crippen LogP contribution in [0.15, 0.2) is 34.5 Å². The summed E-state index contributed by atoms with van der Waals surface area (Å²) in [6, 6.07) is 3.74. The predicted octanol–water partition coefficient (Wildman–Crippen LogP) is 3.04. The second kappa shape index (κ2) is 5.39. The minimum atomic E-state index is -4.08. The first-order chi connectivity index (χ1) is 9.28. The van der Waals surface area contributed by atoms with Crippen LogP contribution in [-0.4, -0.2) is 19.5 Å². The number of hydrogen-bond acceptors (Lipinski definition) is 4. The fourth-order valence-electron chi connectivity index (χ4n) is 1.42. The SMILES string of the molecule is O=C(O)c1cc(F)cc(S(=O)(=O)Nc2csc(Cl)c2)c1. The van der Waals surface area contributed by atoms with Gasteiger partial charge in [0.2, 0.25) is 0 Å². The zero-order valence-electron chi connectivity index (χ0n) is 9.63. The molecule has 1 heterocycles. The first kappa shape index (κ1) is 14.8. The lowest BCUT2D eigenvalue weighted by atomic mass is 10.2. The van der Waals surface area contributed by atoms with Crippen molar-refractivity contribution in [2.45, 2.75) is 4.90 Å². The third-order valence-corrected chi connectivity index (χ3v) is 4.70. The third-order valence-electron chi connectivity index (χ3n) is 2.25. The van der Waals surface area contributed by atoms with Crippen LogP contribution in [-0.2, 0) is 10.0 Å². The first-order valence-electron chi connectivity index (χ1n) is 5.09. The number of thiophene rings is 1. The average Bonchev–Trinajstić information content (AvgIpc) is 2.73. The van der Waals surface area contributed by atoms with Crippen LogP contribution in [0.4, 0.5) is 10.1 Å². The van der Waals surface area contributed by atoms with Crippen molar-refractivity contribution in [1.29, 1.82) is 0 Å². The summed E-state index contributed by atoms with van der Waals surface area (Å²) in [7, 11) is -4.08. The number of carbonyl (C=O) groups is 1. The number of carboxylic acid groups (broad SMARTS) is 1. The molecule has 20 heavy (non-hydrogen) atoms. The van der Waals surface area contributed by atoms with Crippen LogP contribution in [0.1, 0.15) is 10.4 Å². The van der Waals surface area contributed by atoms with Gasteiger partial charge >= 0.3 is 5.97 Å². The lowest BCUT2D eigenvalue weighted by Crippen LogP contribution is -2.13. The number of carboxylic acids is 1. The molecule has 0 amide bonds. The van der Waals surface area contributed by atoms with Crippen molar-refractivity contribution < 1.29 is 22.7 Å². The maximum Gasteiger partial charge on any atom is 0.335 e. The molecule has 2 N–H and O–H groups in total. The van der Waals surface area contributed by atoms with Gasteiger partial charge in [-0.2, -0.15) is 0 Å². The molecule has 0 aliphatic carbocycles. The Morgan fingerprint density at radius 3 is 2.55 bits per heavy atom. The summed E-state index contributed by atoms with van der Waals surface area (Å²) in [6.45, 7) is 0. The number of anilines is 1. The molecule has 2 aromatic rings. The Bertz CT molecular complexity index is 772. The topological polar surface area (TPSA) is 83.5 Å². The Hall–Kier alpha value is -1.64. The number of rotatable bonds is 4. The standard InChI is InChI=1S/C11H7ClFNO4S2/c12-10-4-8(5-19-10)14-20(17,18)9-2-6(11(15)16)1-7(13)3-9/h1-5,14H,(H,15,16). The number of sulfonamides is 1. The van der Waals surface area contributed by atoms with E-state index in [-0.39, 0.29) is 5.69 Å². The Morgan fingerprint density at radius 1 is 1.30 bits per heavy atom. The van der Waals surface area contributed by atoms with E-state index in [1.54, 1.807) is 0 Å². The highest BCUT2D eigenvalue weighted by Crippen LogP contribution is 2.26. The highest BCUT2D eigenvalue weighted by atomic mass is 35.5. The monoisotopic (exact) mass is 335 g/mol. The van der Waals surface area contributed by atoms with Crippen LogP contribution in [0, 0.1) is 5.82 Å². The molecule has 106 valence electrons. The van der Waals surface area contributed by atoms with Gasteiger partial charge in [-0.05, 0) is 24.3 Å². The van der Waals surface area contributed by atoms with Crippen LogP contribution in [0.3, 0.4) is 0 Å². The molecule has 5 nitrogen and oxygen atoms in total. The lowest BCUT2D eigenvalue weighted by molar-refractivity contribution is 0.0696. The molecule has 1 aromatic heterocycles. The zero-order valence-corrected chi connectivity index (χ0v) is 12.0. The van der Waals surface area contributed by atoms with E-state index in [1.165, 1.54) is 11.4 Å². The van der Waals surface area contributed by atoms with Gasteiger partial charge < -0.3 is 5.11 Å². The summed E-state index contributed by atoms with van der Waals surface area (Å²) >= 11 is 6.80. The Labute approximate surface area is 122 Å². The normalized spacial score (nSPS) is 11.3. The van der Waals surface area contributed by atoms with Crippen molar-refractivity contribution in [3.8, 4) is 0 Å². The largest absolute Gasteiger partial charge is 0.478 e. The quantitative estimate of drug-likeness (QED) is 0.899. The molecule has 0 saturated heterocycles. The van der Waals surface area contributed by atoms with Gasteiger partial charge in [-0.3, -0.25) is 4.72 Å². The Balaban J connectivity index is 2.41. The minimum absolute atomic E-state index is 0.223. The van der Waals surface area contributed by atoms with E-state index in [0.29, 0.717) is 4.34 Å². The highest BCUT2D eigenvalue weighted by Gasteiger charge is 2.18. The number of hydrogen-bond donors (Lipinski definition) is 2. The third kappa shape index (κ3) is 3.27. The van der Waals surface area contributed by atoms with E-state index < -0.39 is 32.3 Å². The number of aromatic carboxylic acids is 1. The molecule has 0 radical (unpaired) electrons. The van der Waals surface area contributed by atoms with Gasteiger partial charge in [0.1, 0.15) is 5.82 Å². The molecule has 0 atom stereocenters. The van der Waals surface area contributed by atoms with E-state index in [0.717, 1.165) is 29.5 Å². The fourth-order valence-corrected chi connectivity index (χ4v) is 3.40. The molecule has 9 heteroatoms. The van der Waals surface area contributed by atoms with Gasteiger partial charge in [-0.15, -0.1) is 11.3 Å². The summed E-state index contributed by atoms with van der Waals surface area (Å²) < 4.78 is 39.9. The van der Waals surface area contributed by atoms with E-state index in [4.69, 9.17) is 16.7 Å². The zero-order chi connectivity index (χ0) is 14.9. The summed E-state index contributed by atoms with van der Waals surface area (Å²) in [5.41, 5.74) is -0.227. The molecule has 1 aromatic carbocycles. The van der Waals surface area contributed by atoms with Crippen molar-refractivity contribution in [2.24, 2.45) is 0 Å². The van der Waals surface area contributed by atoms with Crippen molar-refractivity contribution in [3.63, 3.8) is 0 Å². The Kier molecular flexibility index (Phi) is 3.98. The summed E-state index contributed by atoms with van der Waals surface area (Å²) in [6.07, 6.45) is 0. The summed E-state index contributed by atoms with van der Waals surface area (Å²) in [4.78, 5) is 10.3. The van der Waals surface area contributed by atoms with Crippen molar-refractivity contribution in [1.82, 2.24) is 0 Å². The molecule has 0 unspecified atom stereocenters. The second-order valence-electron chi connectivity index (χ2n) is 3.73. The maximum atomic E-state index is 13.3. The lowest BCUT2D eigenvalue weighted by Gasteiger charge is -2.07. The van der Waals surface area contributed by atoms with Gasteiger partial charge in [0, 0.05) is 5.38 Å². The van der Waals surface area contributed by atoms with Crippen LogP contribution >= 0.6 is 22.9 Å². The van der Waals surface area contributed by atoms with Gasteiger partial charge in [-0.25, -0.2) is 17.6 Å². The molecule has 2 rings (SSSR count). The molecular weight excluding hydrogens is 329 g/mol. The maximum absolute atomic E-state index is 13.3. The van der Waals surface area contributed by atoms with Crippen LogP contribution < -0.4 is 4.72 Å². The molecule has 0 fully saturated rings. The minimum Gasteiger partial charge on any atom is -0.478 e. The molecular formula is C11H7ClFNO4S2. The van der Waals surface area contributed by atoms with Gasteiger partial charge in [0.25, 0.3) is 10.0 Å². The molecule has 0 saturated carbocycles. The number of nitrogens with one attached hydrogen (secondary N) is 1. The second-order valence-corrected chi connectivity index (χ2v) is 6.95.